The van der Waals surface area contributed by atoms with Crippen molar-refractivity contribution < 1.29 is 28.7 Å². The van der Waals surface area contributed by atoms with Crippen LogP contribution in [0.1, 0.15) is 5.56 Å². The number of rotatable bonds is 9. The minimum Gasteiger partial charge on any atom is -0.495 e. The molecule has 38 heavy (non-hydrogen) atoms. The van der Waals surface area contributed by atoms with Crippen LogP contribution in [0.2, 0.25) is 0 Å². The van der Waals surface area contributed by atoms with Crippen molar-refractivity contribution in [3.05, 3.63) is 87.7 Å². The number of anilines is 2. The average molecular weight is 596 g/mol. The maximum Gasteiger partial charge on any atom is 0.294 e. The number of hydrogen-bond donors (Lipinski definition) is 2. The Hall–Kier alpha value is -4.09. The van der Waals surface area contributed by atoms with Crippen molar-refractivity contribution in [2.75, 3.05) is 30.9 Å². The van der Waals surface area contributed by atoms with Crippen molar-refractivity contribution >= 4 is 68.1 Å². The average Bonchev–Trinajstić information content (AvgIpc) is 3.17. The highest BCUT2D eigenvalue weighted by atomic mass is 79.9. The number of halogens is 1. The molecular formula is C27H22BrN3O6S. The summed E-state index contributed by atoms with van der Waals surface area (Å²) in [5.74, 6) is -0.392. The summed E-state index contributed by atoms with van der Waals surface area (Å²) in [6.45, 7) is -0.606. The van der Waals surface area contributed by atoms with Gasteiger partial charge in [-0.3, -0.25) is 24.1 Å². The first-order valence-corrected chi connectivity index (χ1v) is 12.9. The fourth-order valence-corrected chi connectivity index (χ4v) is 4.65. The number of methoxy groups -OCH3 is 1. The topological polar surface area (TPSA) is 114 Å². The van der Waals surface area contributed by atoms with E-state index in [-0.39, 0.29) is 17.4 Å². The van der Waals surface area contributed by atoms with Crippen LogP contribution in [0.15, 0.2) is 82.2 Å². The highest BCUT2D eigenvalue weighted by Gasteiger charge is 2.36. The third-order valence-electron chi connectivity index (χ3n) is 5.25. The van der Waals surface area contributed by atoms with Crippen LogP contribution in [-0.2, 0) is 14.4 Å². The summed E-state index contributed by atoms with van der Waals surface area (Å²) in [6.07, 6.45) is 1.56. The molecule has 0 atom stereocenters. The molecule has 0 saturated carbocycles. The maximum absolute atomic E-state index is 12.8. The lowest BCUT2D eigenvalue weighted by Crippen LogP contribution is -2.36. The van der Waals surface area contributed by atoms with E-state index in [4.69, 9.17) is 9.47 Å². The zero-order valence-corrected chi connectivity index (χ0v) is 22.5. The van der Waals surface area contributed by atoms with E-state index < -0.39 is 23.6 Å². The Morgan fingerprint density at radius 2 is 1.58 bits per heavy atom. The van der Waals surface area contributed by atoms with Gasteiger partial charge in [0.25, 0.3) is 17.1 Å². The summed E-state index contributed by atoms with van der Waals surface area (Å²) in [4.78, 5) is 50.9. The highest BCUT2D eigenvalue weighted by molar-refractivity contribution is 9.10. The van der Waals surface area contributed by atoms with Gasteiger partial charge in [0.1, 0.15) is 18.0 Å². The van der Waals surface area contributed by atoms with Crippen molar-refractivity contribution in [3.8, 4) is 11.5 Å². The summed E-state index contributed by atoms with van der Waals surface area (Å²) >= 11 is 4.10. The summed E-state index contributed by atoms with van der Waals surface area (Å²) in [7, 11) is 1.52. The Kier molecular flexibility index (Phi) is 8.82. The quantitative estimate of drug-likeness (QED) is 0.329. The number of amides is 4. The van der Waals surface area contributed by atoms with Crippen molar-refractivity contribution in [2.24, 2.45) is 0 Å². The smallest absolute Gasteiger partial charge is 0.294 e. The van der Waals surface area contributed by atoms with Crippen LogP contribution in [0.4, 0.5) is 16.2 Å². The predicted molar refractivity (Wildman–Crippen MR) is 149 cm³/mol. The van der Waals surface area contributed by atoms with Gasteiger partial charge in [-0.25, -0.2) is 0 Å². The molecule has 194 valence electrons. The number of carbonyl (C=O) groups excluding carboxylic acids is 4. The van der Waals surface area contributed by atoms with E-state index in [0.29, 0.717) is 32.9 Å². The molecule has 3 aromatic rings. The monoisotopic (exact) mass is 595 g/mol. The minimum absolute atomic E-state index is 0.202. The number of imide groups is 1. The van der Waals surface area contributed by atoms with Crippen molar-refractivity contribution in [1.82, 2.24) is 4.90 Å². The fourth-order valence-electron chi connectivity index (χ4n) is 3.43. The molecule has 11 heteroatoms. The van der Waals surface area contributed by atoms with Crippen LogP contribution < -0.4 is 20.1 Å². The molecule has 9 nitrogen and oxygen atoms in total. The van der Waals surface area contributed by atoms with Gasteiger partial charge in [0.15, 0.2) is 6.61 Å². The Morgan fingerprint density at radius 1 is 0.921 bits per heavy atom. The molecule has 4 amide bonds. The molecule has 3 aromatic carbocycles. The van der Waals surface area contributed by atoms with Crippen molar-refractivity contribution in [1.29, 1.82) is 0 Å². The molecule has 4 rings (SSSR count). The van der Waals surface area contributed by atoms with Crippen LogP contribution in [0.25, 0.3) is 6.08 Å². The maximum atomic E-state index is 12.8. The molecule has 1 fully saturated rings. The first-order chi connectivity index (χ1) is 18.3. The number of thioether (sulfide) groups is 1. The van der Waals surface area contributed by atoms with Crippen LogP contribution in [0.3, 0.4) is 0 Å². The molecule has 0 unspecified atom stereocenters. The van der Waals surface area contributed by atoms with E-state index in [0.717, 1.165) is 16.7 Å². The molecule has 1 heterocycles. The second kappa shape index (κ2) is 12.4. The number of ether oxygens (including phenoxy) is 2. The molecule has 1 aliphatic heterocycles. The fraction of sp³-hybridized carbons (Fsp3) is 0.111. The Bertz CT molecular complexity index is 1410. The number of carbonyl (C=O) groups is 4. The standard InChI is InChI=1S/C27H22BrN3O6S/c1-36-22-9-5-4-8-21(22)30-25(33)16-37-18-12-10-17(11-13-18)14-23-26(34)31(27(35)38-23)15-24(32)29-20-7-3-2-6-19(20)28/h2-14H,15-16H2,1H3,(H,29,32)(H,30,33)/b23-14-. The van der Waals surface area contributed by atoms with Gasteiger partial charge in [-0.15, -0.1) is 0 Å². The second-order valence-electron chi connectivity index (χ2n) is 7.90. The number of para-hydroxylation sites is 3. The lowest BCUT2D eigenvalue weighted by molar-refractivity contribution is -0.127. The predicted octanol–water partition coefficient (Wildman–Crippen LogP) is 5.15. The second-order valence-corrected chi connectivity index (χ2v) is 9.75. The summed E-state index contributed by atoms with van der Waals surface area (Å²) < 4.78 is 11.4. The largest absolute Gasteiger partial charge is 0.495 e. The summed E-state index contributed by atoms with van der Waals surface area (Å²) in [5.41, 5.74) is 1.73. The van der Waals surface area contributed by atoms with E-state index in [1.54, 1.807) is 78.9 Å². The molecule has 2 N–H and O–H groups in total. The van der Waals surface area contributed by atoms with Gasteiger partial charge in [-0.1, -0.05) is 36.4 Å². The first-order valence-electron chi connectivity index (χ1n) is 11.3. The Balaban J connectivity index is 1.31. The van der Waals surface area contributed by atoms with Gasteiger partial charge in [0, 0.05) is 4.47 Å². The molecule has 0 aliphatic carbocycles. The van der Waals surface area contributed by atoms with Gasteiger partial charge in [0.05, 0.1) is 23.4 Å². The van der Waals surface area contributed by atoms with E-state index >= 15 is 0 Å². The molecule has 0 aromatic heterocycles. The van der Waals surface area contributed by atoms with Gasteiger partial charge in [-0.05, 0) is 75.7 Å². The zero-order chi connectivity index (χ0) is 27.1. The number of nitrogens with zero attached hydrogens (tertiary/aromatic N) is 1. The van der Waals surface area contributed by atoms with Gasteiger partial charge >= 0.3 is 0 Å². The molecule has 1 saturated heterocycles. The van der Waals surface area contributed by atoms with E-state index in [1.807, 2.05) is 0 Å². The van der Waals surface area contributed by atoms with Crippen LogP contribution >= 0.6 is 27.7 Å². The SMILES string of the molecule is COc1ccccc1NC(=O)COc1ccc(/C=C2\SC(=O)N(CC(=O)Nc3ccccc3Br)C2=O)cc1. The van der Waals surface area contributed by atoms with Gasteiger partial charge in [-0.2, -0.15) is 0 Å². The molecule has 0 spiro atoms. The van der Waals surface area contributed by atoms with Crippen molar-refractivity contribution in [2.45, 2.75) is 0 Å². The number of nitrogens with one attached hydrogen (secondary N) is 2. The van der Waals surface area contributed by atoms with Crippen LogP contribution in [0, 0.1) is 0 Å². The van der Waals surface area contributed by atoms with E-state index in [1.165, 1.54) is 7.11 Å². The third-order valence-corrected chi connectivity index (χ3v) is 6.85. The lowest BCUT2D eigenvalue weighted by Gasteiger charge is -2.13. The van der Waals surface area contributed by atoms with E-state index in [2.05, 4.69) is 26.6 Å². The normalized spacial score (nSPS) is 13.9. The zero-order valence-electron chi connectivity index (χ0n) is 20.1. The van der Waals surface area contributed by atoms with Gasteiger partial charge in [0.2, 0.25) is 5.91 Å². The van der Waals surface area contributed by atoms with Gasteiger partial charge < -0.3 is 20.1 Å². The Morgan fingerprint density at radius 3 is 2.29 bits per heavy atom. The number of benzene rings is 3. The first kappa shape index (κ1) is 27.0. The van der Waals surface area contributed by atoms with E-state index in [9.17, 15) is 19.2 Å². The van der Waals surface area contributed by atoms with Crippen LogP contribution in [-0.4, -0.2) is 48.1 Å². The molecular weight excluding hydrogens is 574 g/mol. The highest BCUT2D eigenvalue weighted by Crippen LogP contribution is 2.32. The van der Waals surface area contributed by atoms with Crippen LogP contribution in [0.5, 0.6) is 11.5 Å². The third kappa shape index (κ3) is 6.81. The lowest BCUT2D eigenvalue weighted by atomic mass is 10.2. The molecule has 0 bridgehead atoms. The Labute approximate surface area is 231 Å². The molecule has 1 aliphatic rings. The minimum atomic E-state index is -0.546. The number of hydrogen-bond acceptors (Lipinski definition) is 7. The molecule has 0 radical (unpaired) electrons. The van der Waals surface area contributed by atoms with Crippen molar-refractivity contribution in [3.63, 3.8) is 0 Å². The summed E-state index contributed by atoms with van der Waals surface area (Å²) in [5, 5.41) is 4.88. The summed E-state index contributed by atoms with van der Waals surface area (Å²) in [6, 6.07) is 20.8.